The molecular weight excluding hydrogens is 236 g/mol. The summed E-state index contributed by atoms with van der Waals surface area (Å²) in [6.45, 7) is 4.62. The van der Waals surface area contributed by atoms with Crippen molar-refractivity contribution in [3.8, 4) is 0 Å². The number of nitrogens with zero attached hydrogens (tertiary/aromatic N) is 2. The molecule has 1 aromatic heterocycles. The second-order valence-electron chi connectivity index (χ2n) is 4.38. The molecule has 0 bridgehead atoms. The van der Waals surface area contributed by atoms with Gasteiger partial charge in [-0.1, -0.05) is 17.7 Å². The smallest absolute Gasteiger partial charge is 0.164 e. The highest BCUT2D eigenvalue weighted by atomic mass is 35.5. The molecule has 0 aromatic carbocycles. The maximum atomic E-state index is 12.1. The number of aromatic nitrogens is 2. The first-order valence-corrected chi connectivity index (χ1v) is 6.45. The maximum absolute atomic E-state index is 12.1. The summed E-state index contributed by atoms with van der Waals surface area (Å²) in [7, 11) is 0. The van der Waals surface area contributed by atoms with Crippen LogP contribution in [0.25, 0.3) is 0 Å². The van der Waals surface area contributed by atoms with Crippen LogP contribution >= 0.6 is 11.6 Å². The highest BCUT2D eigenvalue weighted by Gasteiger charge is 2.19. The Labute approximate surface area is 106 Å². The summed E-state index contributed by atoms with van der Waals surface area (Å²) in [6.07, 6.45) is 5.46. The minimum atomic E-state index is 0.194. The van der Waals surface area contributed by atoms with E-state index >= 15 is 0 Å². The summed E-state index contributed by atoms with van der Waals surface area (Å²) in [6, 6.07) is 0. The number of hydrogen-bond donors (Lipinski definition) is 0. The van der Waals surface area contributed by atoms with Crippen molar-refractivity contribution in [2.75, 3.05) is 0 Å². The fourth-order valence-corrected chi connectivity index (χ4v) is 2.43. The predicted molar refractivity (Wildman–Crippen MR) is 68.3 cm³/mol. The van der Waals surface area contributed by atoms with E-state index < -0.39 is 0 Å². The fourth-order valence-electron chi connectivity index (χ4n) is 2.23. The van der Waals surface area contributed by atoms with Crippen molar-refractivity contribution in [1.29, 1.82) is 0 Å². The minimum Gasteiger partial charge on any atom is -0.294 e. The number of carbonyl (C=O) groups is 1. The van der Waals surface area contributed by atoms with Crippen LogP contribution in [-0.2, 0) is 17.8 Å². The summed E-state index contributed by atoms with van der Waals surface area (Å²) in [5.41, 5.74) is 2.61. The molecule has 0 aliphatic heterocycles. The molecule has 1 aromatic rings. The van der Waals surface area contributed by atoms with E-state index in [4.69, 9.17) is 11.6 Å². The number of halogens is 1. The maximum Gasteiger partial charge on any atom is 0.164 e. The van der Waals surface area contributed by atoms with Gasteiger partial charge in [0.15, 0.2) is 5.78 Å². The highest BCUT2D eigenvalue weighted by Crippen LogP contribution is 2.24. The number of carbonyl (C=O) groups excluding carboxylic acids is 1. The Bertz CT molecular complexity index is 474. The number of aryl methyl sites for hydroxylation is 2. The summed E-state index contributed by atoms with van der Waals surface area (Å²) in [4.78, 5) is 12.1. The molecule has 0 atom stereocenters. The van der Waals surface area contributed by atoms with Gasteiger partial charge in [-0.2, -0.15) is 5.10 Å². The van der Waals surface area contributed by atoms with Gasteiger partial charge in [0, 0.05) is 6.54 Å². The van der Waals surface area contributed by atoms with E-state index in [0.29, 0.717) is 11.4 Å². The molecule has 3 nitrogen and oxygen atoms in total. The number of allylic oxidation sites excluding steroid dienone is 2. The van der Waals surface area contributed by atoms with Gasteiger partial charge >= 0.3 is 0 Å². The molecule has 0 N–H and O–H groups in total. The zero-order valence-electron chi connectivity index (χ0n) is 10.3. The molecule has 0 saturated heterocycles. The van der Waals surface area contributed by atoms with Gasteiger partial charge in [0.2, 0.25) is 0 Å². The molecule has 0 fully saturated rings. The van der Waals surface area contributed by atoms with Crippen molar-refractivity contribution in [3.63, 3.8) is 0 Å². The van der Waals surface area contributed by atoms with Crippen molar-refractivity contribution in [2.24, 2.45) is 0 Å². The van der Waals surface area contributed by atoms with Crippen molar-refractivity contribution >= 4 is 17.4 Å². The molecule has 92 valence electrons. The number of Topliss-reactive ketones (excluding diaryl/α,β-unsaturated/α-hetero) is 1. The third kappa shape index (κ3) is 2.44. The summed E-state index contributed by atoms with van der Waals surface area (Å²) in [5.74, 6) is 0.194. The van der Waals surface area contributed by atoms with Crippen LogP contribution < -0.4 is 0 Å². The molecule has 0 amide bonds. The Kier molecular flexibility index (Phi) is 3.67. The van der Waals surface area contributed by atoms with Gasteiger partial charge in [-0.05, 0) is 38.7 Å². The van der Waals surface area contributed by atoms with Crippen molar-refractivity contribution in [2.45, 2.75) is 46.1 Å². The lowest BCUT2D eigenvalue weighted by atomic mass is 10.1. The Hall–Kier alpha value is -1.09. The topological polar surface area (TPSA) is 34.9 Å². The van der Waals surface area contributed by atoms with Crippen LogP contribution in [0.2, 0.25) is 5.02 Å². The zero-order chi connectivity index (χ0) is 12.4. The molecular formula is C13H17ClN2O. The average molecular weight is 253 g/mol. The molecule has 0 radical (unpaired) electrons. The summed E-state index contributed by atoms with van der Waals surface area (Å²) < 4.78 is 1.82. The molecule has 0 spiro atoms. The summed E-state index contributed by atoms with van der Waals surface area (Å²) >= 11 is 6.19. The van der Waals surface area contributed by atoms with Crippen LogP contribution in [0.15, 0.2) is 11.6 Å². The molecule has 1 aliphatic carbocycles. The zero-order valence-corrected chi connectivity index (χ0v) is 11.0. The lowest BCUT2D eigenvalue weighted by Crippen LogP contribution is -2.11. The Morgan fingerprint density at radius 3 is 2.94 bits per heavy atom. The van der Waals surface area contributed by atoms with E-state index in [1.807, 2.05) is 18.5 Å². The number of rotatable bonds is 4. The van der Waals surface area contributed by atoms with Crippen LogP contribution in [0.5, 0.6) is 0 Å². The van der Waals surface area contributed by atoms with Crippen LogP contribution in [-0.4, -0.2) is 15.6 Å². The second-order valence-corrected chi connectivity index (χ2v) is 4.76. The van der Waals surface area contributed by atoms with Crippen molar-refractivity contribution in [1.82, 2.24) is 9.78 Å². The van der Waals surface area contributed by atoms with Gasteiger partial charge in [-0.3, -0.25) is 9.48 Å². The van der Waals surface area contributed by atoms with Crippen molar-refractivity contribution in [3.05, 3.63) is 28.1 Å². The third-order valence-corrected chi connectivity index (χ3v) is 3.67. The Balaban J connectivity index is 2.20. The van der Waals surface area contributed by atoms with Gasteiger partial charge in [0.05, 0.1) is 22.8 Å². The third-order valence-electron chi connectivity index (χ3n) is 3.18. The summed E-state index contributed by atoms with van der Waals surface area (Å²) in [5, 5.41) is 4.96. The van der Waals surface area contributed by atoms with E-state index in [1.165, 1.54) is 0 Å². The van der Waals surface area contributed by atoms with Crippen LogP contribution in [0, 0.1) is 6.92 Å². The SMILES string of the molecule is CCn1nc(C)c(Cl)c1CC(=O)C1=CCCC1. The first-order valence-electron chi connectivity index (χ1n) is 6.07. The van der Waals surface area contributed by atoms with Gasteiger partial charge in [-0.15, -0.1) is 0 Å². The van der Waals surface area contributed by atoms with E-state index in [2.05, 4.69) is 11.2 Å². The molecule has 2 rings (SSSR count). The van der Waals surface area contributed by atoms with E-state index in [0.717, 1.165) is 42.8 Å². The first-order chi connectivity index (χ1) is 8.13. The van der Waals surface area contributed by atoms with Crippen LogP contribution in [0.1, 0.15) is 37.6 Å². The van der Waals surface area contributed by atoms with Gasteiger partial charge in [0.1, 0.15) is 0 Å². The second kappa shape index (κ2) is 5.05. The lowest BCUT2D eigenvalue weighted by molar-refractivity contribution is -0.115. The van der Waals surface area contributed by atoms with Crippen LogP contribution in [0.3, 0.4) is 0 Å². The van der Waals surface area contributed by atoms with Gasteiger partial charge in [0.25, 0.3) is 0 Å². The minimum absolute atomic E-state index is 0.194. The normalized spacial score (nSPS) is 15.1. The monoisotopic (exact) mass is 252 g/mol. The number of hydrogen-bond acceptors (Lipinski definition) is 2. The quantitative estimate of drug-likeness (QED) is 0.825. The largest absolute Gasteiger partial charge is 0.294 e. The van der Waals surface area contributed by atoms with E-state index in [1.54, 1.807) is 0 Å². The predicted octanol–water partition coefficient (Wildman–Crippen LogP) is 3.09. The van der Waals surface area contributed by atoms with Gasteiger partial charge in [-0.25, -0.2) is 0 Å². The van der Waals surface area contributed by atoms with Crippen molar-refractivity contribution < 1.29 is 4.79 Å². The lowest BCUT2D eigenvalue weighted by Gasteiger charge is -2.05. The molecule has 17 heavy (non-hydrogen) atoms. The van der Waals surface area contributed by atoms with Gasteiger partial charge < -0.3 is 0 Å². The molecule has 0 unspecified atom stereocenters. The number of ketones is 1. The molecule has 0 saturated carbocycles. The molecule has 1 aliphatic rings. The average Bonchev–Trinajstić information content (AvgIpc) is 2.92. The van der Waals surface area contributed by atoms with E-state index in [-0.39, 0.29) is 5.78 Å². The standard InChI is InChI=1S/C13H17ClN2O/c1-3-16-11(13(14)9(2)15-16)8-12(17)10-6-4-5-7-10/h6H,3-5,7-8H2,1-2H3. The Morgan fingerprint density at radius 2 is 2.35 bits per heavy atom. The van der Waals surface area contributed by atoms with Crippen LogP contribution in [0.4, 0.5) is 0 Å². The first kappa shape index (κ1) is 12.4. The fraction of sp³-hybridized carbons (Fsp3) is 0.538. The molecule has 1 heterocycles. The Morgan fingerprint density at radius 1 is 1.59 bits per heavy atom. The van der Waals surface area contributed by atoms with E-state index in [9.17, 15) is 4.79 Å². The molecule has 4 heteroatoms. The highest BCUT2D eigenvalue weighted by molar-refractivity contribution is 6.32.